The summed E-state index contributed by atoms with van der Waals surface area (Å²) in [6.45, 7) is 4.30. The Morgan fingerprint density at radius 1 is 1.38 bits per heavy atom. The maximum absolute atomic E-state index is 5.92. The Hall–Kier alpha value is -1.09. The SMILES string of the molecule is CC(C)c1cc2sncc2cc1N. The molecule has 1 aromatic heterocycles. The van der Waals surface area contributed by atoms with Gasteiger partial charge in [0, 0.05) is 17.3 Å². The molecule has 0 bridgehead atoms. The average molecular weight is 192 g/mol. The number of hydrogen-bond acceptors (Lipinski definition) is 3. The minimum Gasteiger partial charge on any atom is -0.398 e. The molecule has 2 nitrogen and oxygen atoms in total. The molecule has 13 heavy (non-hydrogen) atoms. The maximum Gasteiger partial charge on any atom is 0.0554 e. The van der Waals surface area contributed by atoms with Crippen molar-refractivity contribution in [2.75, 3.05) is 5.73 Å². The van der Waals surface area contributed by atoms with Crippen LogP contribution in [0, 0.1) is 0 Å². The largest absolute Gasteiger partial charge is 0.398 e. The summed E-state index contributed by atoms with van der Waals surface area (Å²) in [5.74, 6) is 0.478. The van der Waals surface area contributed by atoms with Gasteiger partial charge < -0.3 is 5.73 Å². The summed E-state index contributed by atoms with van der Waals surface area (Å²) in [5.41, 5.74) is 8.02. The van der Waals surface area contributed by atoms with E-state index in [2.05, 4.69) is 24.3 Å². The lowest BCUT2D eigenvalue weighted by Gasteiger charge is -2.08. The van der Waals surface area contributed by atoms with Crippen LogP contribution in [0.5, 0.6) is 0 Å². The molecule has 0 aliphatic carbocycles. The number of rotatable bonds is 1. The van der Waals surface area contributed by atoms with Crippen molar-refractivity contribution < 1.29 is 0 Å². The van der Waals surface area contributed by atoms with Crippen molar-refractivity contribution in [2.45, 2.75) is 19.8 Å². The van der Waals surface area contributed by atoms with Gasteiger partial charge in [-0.05, 0) is 35.1 Å². The summed E-state index contributed by atoms with van der Waals surface area (Å²) in [5, 5.41) is 1.15. The van der Waals surface area contributed by atoms with E-state index in [4.69, 9.17) is 5.73 Å². The number of anilines is 1. The van der Waals surface area contributed by atoms with Crippen LogP contribution in [0.25, 0.3) is 10.1 Å². The summed E-state index contributed by atoms with van der Waals surface area (Å²) >= 11 is 1.52. The van der Waals surface area contributed by atoms with Gasteiger partial charge in [-0.15, -0.1) is 0 Å². The lowest BCUT2D eigenvalue weighted by molar-refractivity contribution is 0.872. The summed E-state index contributed by atoms with van der Waals surface area (Å²) in [6.07, 6.45) is 1.86. The first kappa shape index (κ1) is 8.51. The van der Waals surface area contributed by atoms with Crippen molar-refractivity contribution in [3.8, 4) is 0 Å². The number of fused-ring (bicyclic) bond motifs is 1. The standard InChI is InChI=1S/C10H12N2S/c1-6(2)8-4-10-7(3-9(8)11)5-12-13-10/h3-6H,11H2,1-2H3. The lowest BCUT2D eigenvalue weighted by atomic mass is 10.0. The molecule has 0 amide bonds. The first-order valence-electron chi connectivity index (χ1n) is 4.32. The zero-order chi connectivity index (χ0) is 9.42. The van der Waals surface area contributed by atoms with E-state index in [1.54, 1.807) is 0 Å². The van der Waals surface area contributed by atoms with E-state index in [9.17, 15) is 0 Å². The molecular formula is C10H12N2S. The molecule has 0 spiro atoms. The Bertz CT molecular complexity index is 431. The van der Waals surface area contributed by atoms with Crippen LogP contribution in [-0.2, 0) is 0 Å². The smallest absolute Gasteiger partial charge is 0.0554 e. The van der Waals surface area contributed by atoms with Crippen LogP contribution in [0.2, 0.25) is 0 Å². The van der Waals surface area contributed by atoms with Crippen molar-refractivity contribution in [1.82, 2.24) is 4.37 Å². The number of nitrogens with zero attached hydrogens (tertiary/aromatic N) is 1. The molecule has 2 aromatic rings. The van der Waals surface area contributed by atoms with Crippen LogP contribution in [0.4, 0.5) is 5.69 Å². The summed E-state index contributed by atoms with van der Waals surface area (Å²) in [4.78, 5) is 0. The summed E-state index contributed by atoms with van der Waals surface area (Å²) in [7, 11) is 0. The monoisotopic (exact) mass is 192 g/mol. The predicted molar refractivity (Wildman–Crippen MR) is 58.1 cm³/mol. The Morgan fingerprint density at radius 3 is 2.85 bits per heavy atom. The third-order valence-corrected chi connectivity index (χ3v) is 2.94. The molecule has 0 atom stereocenters. The molecule has 3 heteroatoms. The number of benzene rings is 1. The third kappa shape index (κ3) is 1.40. The zero-order valence-corrected chi connectivity index (χ0v) is 8.56. The number of nitrogens with two attached hydrogens (primary N) is 1. The highest BCUT2D eigenvalue weighted by Crippen LogP contribution is 2.29. The quantitative estimate of drug-likeness (QED) is 0.705. The first-order chi connectivity index (χ1) is 6.18. The molecule has 0 saturated carbocycles. The van der Waals surface area contributed by atoms with Gasteiger partial charge in [0.1, 0.15) is 0 Å². The molecule has 0 fully saturated rings. The molecule has 1 aromatic carbocycles. The highest BCUT2D eigenvalue weighted by Gasteiger charge is 2.06. The fourth-order valence-corrected chi connectivity index (χ4v) is 2.13. The van der Waals surface area contributed by atoms with Crippen LogP contribution >= 0.6 is 11.5 Å². The number of hydrogen-bond donors (Lipinski definition) is 1. The van der Waals surface area contributed by atoms with Crippen LogP contribution in [-0.4, -0.2) is 4.37 Å². The van der Waals surface area contributed by atoms with Gasteiger partial charge in [0.2, 0.25) is 0 Å². The second-order valence-corrected chi connectivity index (χ2v) is 4.33. The van der Waals surface area contributed by atoms with Crippen LogP contribution < -0.4 is 5.73 Å². The van der Waals surface area contributed by atoms with E-state index in [1.807, 2.05) is 12.3 Å². The zero-order valence-electron chi connectivity index (χ0n) is 7.74. The molecular weight excluding hydrogens is 180 g/mol. The molecule has 0 radical (unpaired) electrons. The molecule has 0 aliphatic heterocycles. The van der Waals surface area contributed by atoms with Crippen molar-refractivity contribution in [3.63, 3.8) is 0 Å². The lowest BCUT2D eigenvalue weighted by Crippen LogP contribution is -1.95. The van der Waals surface area contributed by atoms with Gasteiger partial charge >= 0.3 is 0 Å². The van der Waals surface area contributed by atoms with Crippen LogP contribution in [0.1, 0.15) is 25.3 Å². The van der Waals surface area contributed by atoms with Gasteiger partial charge in [-0.3, -0.25) is 0 Å². The number of nitrogen functional groups attached to an aromatic ring is 1. The molecule has 2 rings (SSSR count). The molecule has 2 N–H and O–H groups in total. The van der Waals surface area contributed by atoms with Crippen molar-refractivity contribution in [3.05, 3.63) is 23.9 Å². The van der Waals surface area contributed by atoms with Gasteiger partial charge in [0.05, 0.1) is 4.70 Å². The van der Waals surface area contributed by atoms with E-state index in [0.29, 0.717) is 5.92 Å². The van der Waals surface area contributed by atoms with Crippen molar-refractivity contribution in [2.24, 2.45) is 0 Å². The normalized spacial score (nSPS) is 11.3. The molecule has 0 saturated heterocycles. The first-order valence-corrected chi connectivity index (χ1v) is 5.09. The topological polar surface area (TPSA) is 38.9 Å². The summed E-state index contributed by atoms with van der Waals surface area (Å²) in [6, 6.07) is 4.15. The fraction of sp³-hybridized carbons (Fsp3) is 0.300. The average Bonchev–Trinajstić information content (AvgIpc) is 2.48. The Labute approximate surface area is 81.5 Å². The molecule has 1 heterocycles. The van der Waals surface area contributed by atoms with E-state index >= 15 is 0 Å². The third-order valence-electron chi connectivity index (χ3n) is 2.18. The summed E-state index contributed by atoms with van der Waals surface area (Å²) < 4.78 is 5.35. The Kier molecular flexibility index (Phi) is 1.96. The highest BCUT2D eigenvalue weighted by atomic mass is 32.1. The molecule has 68 valence electrons. The maximum atomic E-state index is 5.92. The van der Waals surface area contributed by atoms with E-state index < -0.39 is 0 Å². The molecule has 0 unspecified atom stereocenters. The minimum absolute atomic E-state index is 0.478. The fourth-order valence-electron chi connectivity index (χ4n) is 1.45. The highest BCUT2D eigenvalue weighted by molar-refractivity contribution is 7.13. The molecule has 0 aliphatic rings. The van der Waals surface area contributed by atoms with Gasteiger partial charge in [-0.2, -0.15) is 4.37 Å². The van der Waals surface area contributed by atoms with Gasteiger partial charge in [0.15, 0.2) is 0 Å². The van der Waals surface area contributed by atoms with Gasteiger partial charge in [-0.1, -0.05) is 13.8 Å². The number of aromatic nitrogens is 1. The van der Waals surface area contributed by atoms with E-state index in [0.717, 1.165) is 11.1 Å². The van der Waals surface area contributed by atoms with Crippen molar-refractivity contribution >= 4 is 27.3 Å². The van der Waals surface area contributed by atoms with Crippen LogP contribution in [0.3, 0.4) is 0 Å². The second kappa shape index (κ2) is 3.00. The second-order valence-electron chi connectivity index (χ2n) is 3.50. The van der Waals surface area contributed by atoms with Gasteiger partial charge in [-0.25, -0.2) is 0 Å². The minimum atomic E-state index is 0.478. The van der Waals surface area contributed by atoms with Crippen LogP contribution in [0.15, 0.2) is 18.3 Å². The van der Waals surface area contributed by atoms with E-state index in [1.165, 1.54) is 21.8 Å². The van der Waals surface area contributed by atoms with Gasteiger partial charge in [0.25, 0.3) is 0 Å². The Morgan fingerprint density at radius 2 is 2.15 bits per heavy atom. The van der Waals surface area contributed by atoms with Crippen molar-refractivity contribution in [1.29, 1.82) is 0 Å². The predicted octanol–water partition coefficient (Wildman–Crippen LogP) is 3.00. The Balaban J connectivity index is 2.69. The van der Waals surface area contributed by atoms with E-state index in [-0.39, 0.29) is 0 Å².